The molecule has 1 heterocycles. The second-order valence-electron chi connectivity index (χ2n) is 13.1. The van der Waals surface area contributed by atoms with Crippen molar-refractivity contribution in [3.8, 4) is 55.6 Å². The lowest BCUT2D eigenvalue weighted by molar-refractivity contribution is 0.669. The highest BCUT2D eigenvalue weighted by Gasteiger charge is 2.24. The Morgan fingerprint density at radius 1 is 0.265 bits per heavy atom. The molecule has 0 amide bonds. The summed E-state index contributed by atoms with van der Waals surface area (Å²) in [7, 11) is 0. The van der Waals surface area contributed by atoms with E-state index in [4.69, 9.17) is 4.42 Å². The normalized spacial score (nSPS) is 12.1. The summed E-state index contributed by atoms with van der Waals surface area (Å²) in [4.78, 5) is 0. The van der Waals surface area contributed by atoms with Gasteiger partial charge in [-0.2, -0.15) is 0 Å². The van der Waals surface area contributed by atoms with Crippen molar-refractivity contribution in [3.05, 3.63) is 170 Å². The summed E-state index contributed by atoms with van der Waals surface area (Å²) in [6, 6.07) is 62.1. The number of benzene rings is 9. The Hall–Kier alpha value is -6.44. The van der Waals surface area contributed by atoms with Crippen LogP contribution in [0.5, 0.6) is 0 Å². The molecule has 226 valence electrons. The van der Waals surface area contributed by atoms with Crippen molar-refractivity contribution in [2.75, 3.05) is 0 Å². The third-order valence-electron chi connectivity index (χ3n) is 10.6. The molecule has 0 atom stereocenters. The van der Waals surface area contributed by atoms with Gasteiger partial charge in [-0.1, -0.05) is 152 Å². The first-order chi connectivity index (χ1) is 24.3. The van der Waals surface area contributed by atoms with Gasteiger partial charge in [0.25, 0.3) is 0 Å². The van der Waals surface area contributed by atoms with Crippen molar-refractivity contribution >= 4 is 54.3 Å². The molecule has 0 aliphatic heterocycles. The van der Waals surface area contributed by atoms with Crippen molar-refractivity contribution < 1.29 is 4.42 Å². The van der Waals surface area contributed by atoms with E-state index in [2.05, 4.69) is 158 Å². The molecule has 9 aromatic carbocycles. The molecule has 0 spiro atoms. The van der Waals surface area contributed by atoms with Crippen LogP contribution in [0, 0.1) is 0 Å². The van der Waals surface area contributed by atoms with Gasteiger partial charge in [-0.15, -0.1) is 0 Å². The minimum Gasteiger partial charge on any atom is -0.456 e. The van der Waals surface area contributed by atoms with Gasteiger partial charge in [0.1, 0.15) is 11.2 Å². The van der Waals surface area contributed by atoms with Gasteiger partial charge in [0, 0.05) is 10.8 Å². The highest BCUT2D eigenvalue weighted by atomic mass is 16.3. The molecular formula is C48H28O. The summed E-state index contributed by atoms with van der Waals surface area (Å²) in [5, 5.41) is 9.92. The molecule has 0 saturated carbocycles. The zero-order valence-electron chi connectivity index (χ0n) is 26.6. The van der Waals surface area contributed by atoms with Crippen LogP contribution in [0.3, 0.4) is 0 Å². The van der Waals surface area contributed by atoms with Crippen LogP contribution in [0.1, 0.15) is 0 Å². The molecule has 11 rings (SSSR count). The van der Waals surface area contributed by atoms with E-state index in [1.165, 1.54) is 88.0 Å². The highest BCUT2D eigenvalue weighted by Crippen LogP contribution is 2.51. The smallest absolute Gasteiger partial charge is 0.135 e. The summed E-state index contributed by atoms with van der Waals surface area (Å²) in [6.45, 7) is 0. The van der Waals surface area contributed by atoms with Gasteiger partial charge in [-0.05, 0) is 106 Å². The van der Waals surface area contributed by atoms with Crippen LogP contribution in [0.15, 0.2) is 174 Å². The van der Waals surface area contributed by atoms with Crippen LogP contribution in [-0.4, -0.2) is 0 Å². The van der Waals surface area contributed by atoms with Crippen LogP contribution in [0.4, 0.5) is 0 Å². The molecule has 1 aliphatic carbocycles. The molecule has 1 aromatic heterocycles. The van der Waals surface area contributed by atoms with Crippen molar-refractivity contribution in [1.29, 1.82) is 0 Å². The summed E-state index contributed by atoms with van der Waals surface area (Å²) in [6.07, 6.45) is 0. The van der Waals surface area contributed by atoms with Crippen LogP contribution < -0.4 is 0 Å². The van der Waals surface area contributed by atoms with Gasteiger partial charge >= 0.3 is 0 Å². The lowest BCUT2D eigenvalue weighted by Crippen LogP contribution is -1.93. The van der Waals surface area contributed by atoms with E-state index in [-0.39, 0.29) is 0 Å². The van der Waals surface area contributed by atoms with Gasteiger partial charge in [-0.3, -0.25) is 0 Å². The average molecular weight is 621 g/mol. The first kappa shape index (κ1) is 26.6. The quantitative estimate of drug-likeness (QED) is 0.179. The Morgan fingerprint density at radius 3 is 1.43 bits per heavy atom. The van der Waals surface area contributed by atoms with E-state index in [1.807, 2.05) is 12.1 Å². The monoisotopic (exact) mass is 620 g/mol. The number of rotatable bonds is 3. The number of furan rings is 1. The first-order valence-electron chi connectivity index (χ1n) is 16.9. The predicted octanol–water partition coefficient (Wildman–Crippen LogP) is 13.7. The maximum Gasteiger partial charge on any atom is 0.135 e. The molecule has 1 heteroatoms. The molecule has 1 nitrogen and oxygen atoms in total. The zero-order valence-corrected chi connectivity index (χ0v) is 26.6. The summed E-state index contributed by atoms with van der Waals surface area (Å²) < 4.78 is 6.22. The largest absolute Gasteiger partial charge is 0.456 e. The minimum absolute atomic E-state index is 0.914. The standard InChI is InChI=1S/C48H28O/c1-2-13-31-30(12-1)36-21-11-22-37-33(25-26-42(31)47(36)37)32-14-3-4-16-35(32)48-40-19-7-5-17-38(40)46(39-18-6-8-20-41(39)48)29-24-27-45-43(28-29)34-15-9-10-23-44(34)49-45/h1-28H. The van der Waals surface area contributed by atoms with Crippen LogP contribution >= 0.6 is 0 Å². The molecular weight excluding hydrogens is 593 g/mol. The maximum atomic E-state index is 6.22. The predicted molar refractivity (Wildman–Crippen MR) is 207 cm³/mol. The molecule has 0 bridgehead atoms. The fourth-order valence-electron chi connectivity index (χ4n) is 8.59. The summed E-state index contributed by atoms with van der Waals surface area (Å²) in [5.74, 6) is 0. The molecule has 10 aromatic rings. The molecule has 0 saturated heterocycles. The SMILES string of the molecule is c1ccc(-c2ccc3c4c(cccc24)-c2ccccc2-3)c(-c2c3ccccc3c(-c3ccc4oc5ccccc5c4c3)c3ccccc23)c1. The lowest BCUT2D eigenvalue weighted by atomic mass is 9.83. The molecule has 0 fully saturated rings. The van der Waals surface area contributed by atoms with Gasteiger partial charge in [0.15, 0.2) is 0 Å². The Bertz CT molecular complexity index is 2910. The van der Waals surface area contributed by atoms with E-state index >= 15 is 0 Å². The fraction of sp³-hybridized carbons (Fsp3) is 0. The van der Waals surface area contributed by atoms with E-state index in [0.29, 0.717) is 0 Å². The number of hydrogen-bond donors (Lipinski definition) is 0. The second-order valence-corrected chi connectivity index (χ2v) is 13.1. The Kier molecular flexibility index (Phi) is 5.45. The maximum absolute atomic E-state index is 6.22. The average Bonchev–Trinajstić information content (AvgIpc) is 3.70. The highest BCUT2D eigenvalue weighted by molar-refractivity contribution is 6.24. The number of hydrogen-bond acceptors (Lipinski definition) is 1. The van der Waals surface area contributed by atoms with Crippen molar-refractivity contribution in [1.82, 2.24) is 0 Å². The van der Waals surface area contributed by atoms with Crippen LogP contribution in [0.25, 0.3) is 110 Å². The van der Waals surface area contributed by atoms with Crippen molar-refractivity contribution in [2.45, 2.75) is 0 Å². The lowest BCUT2D eigenvalue weighted by Gasteiger charge is -2.20. The van der Waals surface area contributed by atoms with Crippen molar-refractivity contribution in [2.24, 2.45) is 0 Å². The first-order valence-corrected chi connectivity index (χ1v) is 16.9. The number of fused-ring (bicyclic) bond motifs is 8. The van der Waals surface area contributed by atoms with E-state index in [0.717, 1.165) is 21.9 Å². The molecule has 1 aliphatic rings. The Balaban J connectivity index is 1.20. The van der Waals surface area contributed by atoms with Gasteiger partial charge in [0.2, 0.25) is 0 Å². The molecule has 0 unspecified atom stereocenters. The van der Waals surface area contributed by atoms with Gasteiger partial charge < -0.3 is 4.42 Å². The second kappa shape index (κ2) is 10.0. The fourth-order valence-corrected chi connectivity index (χ4v) is 8.59. The van der Waals surface area contributed by atoms with E-state index in [1.54, 1.807) is 0 Å². The molecule has 0 N–H and O–H groups in total. The van der Waals surface area contributed by atoms with Crippen LogP contribution in [0.2, 0.25) is 0 Å². The molecule has 49 heavy (non-hydrogen) atoms. The van der Waals surface area contributed by atoms with E-state index in [9.17, 15) is 0 Å². The third kappa shape index (κ3) is 3.70. The Labute approximate surface area is 283 Å². The van der Waals surface area contributed by atoms with Crippen LogP contribution in [-0.2, 0) is 0 Å². The van der Waals surface area contributed by atoms with Crippen molar-refractivity contribution in [3.63, 3.8) is 0 Å². The van der Waals surface area contributed by atoms with Gasteiger partial charge in [-0.25, -0.2) is 0 Å². The summed E-state index contributed by atoms with van der Waals surface area (Å²) >= 11 is 0. The summed E-state index contributed by atoms with van der Waals surface area (Å²) in [5.41, 5.74) is 14.6. The zero-order chi connectivity index (χ0) is 32.1. The third-order valence-corrected chi connectivity index (χ3v) is 10.6. The topological polar surface area (TPSA) is 13.1 Å². The Morgan fingerprint density at radius 2 is 0.735 bits per heavy atom. The number of para-hydroxylation sites is 1. The van der Waals surface area contributed by atoms with E-state index < -0.39 is 0 Å². The van der Waals surface area contributed by atoms with Gasteiger partial charge in [0.05, 0.1) is 0 Å². The molecule has 0 radical (unpaired) electrons. The minimum atomic E-state index is 0.914.